The average Bonchev–Trinajstić information content (AvgIpc) is 2.12. The van der Waals surface area contributed by atoms with Crippen LogP contribution in [0.2, 0.25) is 0 Å². The minimum atomic E-state index is 0.0262. The van der Waals surface area contributed by atoms with Gasteiger partial charge >= 0.3 is 0 Å². The van der Waals surface area contributed by atoms with Crippen LogP contribution in [0, 0.1) is 0 Å². The van der Waals surface area contributed by atoms with E-state index in [9.17, 15) is 5.11 Å². The Morgan fingerprint density at radius 2 is 2.15 bits per heavy atom. The van der Waals surface area contributed by atoms with Gasteiger partial charge in [0.2, 0.25) is 0 Å². The third-order valence-corrected chi connectivity index (χ3v) is 2.49. The molecule has 0 fully saturated rings. The fourth-order valence-corrected chi connectivity index (χ4v) is 1.67. The van der Waals surface area contributed by atoms with Crippen molar-refractivity contribution in [2.75, 3.05) is 13.7 Å². The van der Waals surface area contributed by atoms with Crippen LogP contribution in [0.3, 0.4) is 0 Å². The number of benzene rings is 1. The summed E-state index contributed by atoms with van der Waals surface area (Å²) in [7, 11) is 1.49. The molecule has 0 radical (unpaired) electrons. The van der Waals surface area contributed by atoms with Crippen molar-refractivity contribution in [1.82, 2.24) is 0 Å². The van der Waals surface area contributed by atoms with E-state index >= 15 is 0 Å². The molecule has 0 atom stereocenters. The fourth-order valence-electron chi connectivity index (χ4n) is 1.16. The van der Waals surface area contributed by atoms with Gasteiger partial charge in [-0.2, -0.15) is 0 Å². The summed E-state index contributed by atoms with van der Waals surface area (Å²) < 4.78 is 5.85. The first-order valence-electron chi connectivity index (χ1n) is 3.86. The molecule has 0 amide bonds. The van der Waals surface area contributed by atoms with Crippen LogP contribution in [0.5, 0.6) is 11.5 Å². The van der Waals surface area contributed by atoms with Crippen molar-refractivity contribution in [2.45, 2.75) is 6.42 Å². The number of phenolic OH excluding ortho intramolecular Hbond substituents is 1. The van der Waals surface area contributed by atoms with Gasteiger partial charge in [0.1, 0.15) is 0 Å². The van der Waals surface area contributed by atoms with E-state index in [-0.39, 0.29) is 12.4 Å². The zero-order valence-corrected chi connectivity index (χ0v) is 8.84. The number of aromatic hydroxyl groups is 1. The van der Waals surface area contributed by atoms with Crippen molar-refractivity contribution in [3.8, 4) is 11.5 Å². The molecule has 0 saturated heterocycles. The molecule has 0 aromatic heterocycles. The molecule has 0 aliphatic carbocycles. The second kappa shape index (κ2) is 4.48. The third kappa shape index (κ3) is 2.14. The summed E-state index contributed by atoms with van der Waals surface area (Å²) in [6, 6.07) is 3.27. The largest absolute Gasteiger partial charge is 0.504 e. The summed E-state index contributed by atoms with van der Waals surface area (Å²) in [4.78, 5) is 0. The van der Waals surface area contributed by atoms with Crippen molar-refractivity contribution in [3.63, 3.8) is 0 Å². The first-order valence-corrected chi connectivity index (χ1v) is 4.65. The normalized spacial score (nSPS) is 10.1. The molecule has 1 aromatic carbocycles. The highest BCUT2D eigenvalue weighted by molar-refractivity contribution is 9.10. The number of hydrogen-bond acceptors (Lipinski definition) is 3. The monoisotopic (exact) mass is 246 g/mol. The van der Waals surface area contributed by atoms with Gasteiger partial charge in [0.15, 0.2) is 11.5 Å². The molecule has 1 rings (SSSR count). The Bertz CT molecular complexity index is 299. The SMILES string of the molecule is COc1c(O)ccc(Br)c1CCO. The van der Waals surface area contributed by atoms with Gasteiger partial charge in [0.05, 0.1) is 7.11 Å². The van der Waals surface area contributed by atoms with Gasteiger partial charge in [0, 0.05) is 23.1 Å². The Hall–Kier alpha value is -0.740. The minimum absolute atomic E-state index is 0.0262. The van der Waals surface area contributed by atoms with Crippen LogP contribution < -0.4 is 4.74 Å². The van der Waals surface area contributed by atoms with Gasteiger partial charge in [-0.15, -0.1) is 0 Å². The van der Waals surface area contributed by atoms with Crippen molar-refractivity contribution in [1.29, 1.82) is 0 Å². The maximum atomic E-state index is 9.41. The summed E-state index contributed by atoms with van der Waals surface area (Å²) in [5.74, 6) is 0.512. The van der Waals surface area contributed by atoms with Crippen molar-refractivity contribution >= 4 is 15.9 Å². The number of aliphatic hydroxyl groups excluding tert-OH is 1. The Balaban J connectivity index is 3.18. The zero-order valence-electron chi connectivity index (χ0n) is 7.25. The summed E-state index contributed by atoms with van der Waals surface area (Å²) >= 11 is 3.32. The van der Waals surface area contributed by atoms with E-state index in [1.54, 1.807) is 12.1 Å². The van der Waals surface area contributed by atoms with Gasteiger partial charge in [-0.05, 0) is 12.1 Å². The molecule has 2 N–H and O–H groups in total. The first-order chi connectivity index (χ1) is 6.20. The molecule has 0 saturated carbocycles. The molecular weight excluding hydrogens is 236 g/mol. The number of aliphatic hydroxyl groups is 1. The van der Waals surface area contributed by atoms with Crippen LogP contribution in [0.1, 0.15) is 5.56 Å². The van der Waals surface area contributed by atoms with E-state index in [4.69, 9.17) is 9.84 Å². The molecular formula is C9H11BrO3. The van der Waals surface area contributed by atoms with E-state index in [0.717, 1.165) is 10.0 Å². The molecule has 0 aliphatic heterocycles. The number of rotatable bonds is 3. The average molecular weight is 247 g/mol. The quantitative estimate of drug-likeness (QED) is 0.854. The van der Waals surface area contributed by atoms with Crippen LogP contribution >= 0.6 is 15.9 Å². The zero-order chi connectivity index (χ0) is 9.84. The van der Waals surface area contributed by atoms with Gasteiger partial charge < -0.3 is 14.9 Å². The number of halogens is 1. The predicted octanol–water partition coefficient (Wildman–Crippen LogP) is 1.70. The molecule has 13 heavy (non-hydrogen) atoms. The third-order valence-electron chi connectivity index (χ3n) is 1.75. The second-order valence-electron chi connectivity index (χ2n) is 2.55. The van der Waals surface area contributed by atoms with E-state index in [0.29, 0.717) is 12.2 Å². The lowest BCUT2D eigenvalue weighted by Crippen LogP contribution is -1.97. The molecule has 0 spiro atoms. The Morgan fingerprint density at radius 1 is 1.46 bits per heavy atom. The molecule has 0 heterocycles. The molecule has 0 unspecified atom stereocenters. The predicted molar refractivity (Wildman–Crippen MR) is 53.1 cm³/mol. The highest BCUT2D eigenvalue weighted by Crippen LogP contribution is 2.35. The van der Waals surface area contributed by atoms with Crippen LogP contribution in [0.25, 0.3) is 0 Å². The number of ether oxygens (including phenoxy) is 1. The van der Waals surface area contributed by atoms with Crippen LogP contribution in [-0.4, -0.2) is 23.9 Å². The van der Waals surface area contributed by atoms with Gasteiger partial charge in [0.25, 0.3) is 0 Å². The van der Waals surface area contributed by atoms with Gasteiger partial charge in [-0.1, -0.05) is 15.9 Å². The molecule has 3 nitrogen and oxygen atoms in total. The minimum Gasteiger partial charge on any atom is -0.504 e. The number of methoxy groups -OCH3 is 1. The molecule has 4 heteroatoms. The van der Waals surface area contributed by atoms with E-state index in [1.165, 1.54) is 7.11 Å². The molecule has 0 aliphatic rings. The summed E-state index contributed by atoms with van der Waals surface area (Å²) in [6.07, 6.45) is 0.457. The number of phenols is 1. The molecule has 72 valence electrons. The molecule has 0 bridgehead atoms. The number of hydrogen-bond donors (Lipinski definition) is 2. The van der Waals surface area contributed by atoms with Crippen LogP contribution in [0.15, 0.2) is 16.6 Å². The van der Waals surface area contributed by atoms with E-state index < -0.39 is 0 Å². The Kier molecular flexibility index (Phi) is 3.57. The summed E-state index contributed by atoms with van der Waals surface area (Å²) in [5, 5.41) is 18.2. The molecule has 1 aromatic rings. The topological polar surface area (TPSA) is 49.7 Å². The Morgan fingerprint density at radius 3 is 2.69 bits per heavy atom. The highest BCUT2D eigenvalue weighted by atomic mass is 79.9. The highest BCUT2D eigenvalue weighted by Gasteiger charge is 2.11. The van der Waals surface area contributed by atoms with Crippen molar-refractivity contribution in [2.24, 2.45) is 0 Å². The lowest BCUT2D eigenvalue weighted by atomic mass is 10.1. The fraction of sp³-hybridized carbons (Fsp3) is 0.333. The van der Waals surface area contributed by atoms with Gasteiger partial charge in [-0.3, -0.25) is 0 Å². The lowest BCUT2D eigenvalue weighted by molar-refractivity contribution is 0.295. The first kappa shape index (κ1) is 10.3. The van der Waals surface area contributed by atoms with Crippen LogP contribution in [0.4, 0.5) is 0 Å². The van der Waals surface area contributed by atoms with E-state index in [1.807, 2.05) is 0 Å². The maximum Gasteiger partial charge on any atom is 0.164 e. The summed E-state index contributed by atoms with van der Waals surface area (Å²) in [5.41, 5.74) is 0.782. The maximum absolute atomic E-state index is 9.41. The standard InChI is InChI=1S/C9H11BrO3/c1-13-9-6(4-5-11)7(10)2-3-8(9)12/h2-3,11-12H,4-5H2,1H3. The Labute approximate surface area is 85.1 Å². The lowest BCUT2D eigenvalue weighted by Gasteiger charge is -2.10. The smallest absolute Gasteiger partial charge is 0.164 e. The second-order valence-corrected chi connectivity index (χ2v) is 3.41. The van der Waals surface area contributed by atoms with Crippen molar-refractivity contribution < 1.29 is 14.9 Å². The van der Waals surface area contributed by atoms with E-state index in [2.05, 4.69) is 15.9 Å². The van der Waals surface area contributed by atoms with Crippen molar-refractivity contribution in [3.05, 3.63) is 22.2 Å². The van der Waals surface area contributed by atoms with Gasteiger partial charge in [-0.25, -0.2) is 0 Å². The summed E-state index contributed by atoms with van der Waals surface area (Å²) in [6.45, 7) is 0.0262. The van der Waals surface area contributed by atoms with Crippen LogP contribution in [-0.2, 0) is 6.42 Å².